The lowest BCUT2D eigenvalue weighted by atomic mass is 9.43. The number of amides is 2. The number of rotatable bonds is 12. The lowest BCUT2D eigenvalue weighted by Crippen LogP contribution is -2.65. The van der Waals surface area contributed by atoms with Crippen molar-refractivity contribution in [1.29, 1.82) is 0 Å². The van der Waals surface area contributed by atoms with Crippen LogP contribution in [0.4, 0.5) is 0 Å². The summed E-state index contributed by atoms with van der Waals surface area (Å²) in [4.78, 5) is 41.3. The summed E-state index contributed by atoms with van der Waals surface area (Å²) in [6.45, 7) is 11.9. The smallest absolute Gasteiger partial charge is 0.404 e. The Morgan fingerprint density at radius 2 is 1.95 bits per heavy atom. The molecule has 13 nitrogen and oxygen atoms in total. The Morgan fingerprint density at radius 1 is 1.21 bits per heavy atom. The second-order valence-corrected chi connectivity index (χ2v) is 13.4. The number of piperidine rings is 1. The average Bonchev–Trinajstić information content (AvgIpc) is 3.26. The van der Waals surface area contributed by atoms with Gasteiger partial charge in [0.15, 0.2) is 5.03 Å². The molecule has 5 rings (SSSR count). The monoisotopic (exact) mass is 593 g/mol. The van der Waals surface area contributed by atoms with Crippen LogP contribution < -0.4 is 27.1 Å². The van der Waals surface area contributed by atoms with Gasteiger partial charge in [-0.15, -0.1) is 0 Å². The van der Waals surface area contributed by atoms with E-state index in [2.05, 4.69) is 55.6 Å². The van der Waals surface area contributed by atoms with Crippen molar-refractivity contribution in [3.63, 3.8) is 0 Å². The Balaban J connectivity index is 0.00000484. The molecule has 42 heavy (non-hydrogen) atoms. The third-order valence-corrected chi connectivity index (χ3v) is 9.75. The summed E-state index contributed by atoms with van der Waals surface area (Å²) >= 11 is 0. The SMILES string of the molecule is C.CC(C)C[C@H](NC(=O)[C@H](CCCN=C(N)N[N+](=O)[O-])NC(=O)[C@@H]1CCCCN1)B1O[C@@H]2C[C@@H]3C[C@@H](C3(C)C)[C@]2(C)O1. The molecule has 7 atom stereocenters. The Bertz CT molecular complexity index is 1010. The van der Waals surface area contributed by atoms with Crippen LogP contribution in [0, 0.1) is 33.3 Å². The summed E-state index contributed by atoms with van der Waals surface area (Å²) in [7, 11) is -0.569. The second-order valence-electron chi connectivity index (χ2n) is 13.4. The van der Waals surface area contributed by atoms with Crippen molar-refractivity contribution >= 4 is 24.9 Å². The fourth-order valence-corrected chi connectivity index (χ4v) is 7.34. The number of hydrogen-bond donors (Lipinski definition) is 5. The van der Waals surface area contributed by atoms with Gasteiger partial charge < -0.3 is 31.0 Å². The topological polar surface area (TPSA) is 182 Å². The highest BCUT2D eigenvalue weighted by atomic mass is 16.7. The van der Waals surface area contributed by atoms with Crippen molar-refractivity contribution in [3.8, 4) is 0 Å². The molecule has 0 aromatic carbocycles. The van der Waals surface area contributed by atoms with Crippen molar-refractivity contribution < 1.29 is 23.9 Å². The summed E-state index contributed by atoms with van der Waals surface area (Å²) in [5, 5.41) is 19.1. The third kappa shape index (κ3) is 7.54. The summed E-state index contributed by atoms with van der Waals surface area (Å²) in [6, 6.07) is -1.16. The van der Waals surface area contributed by atoms with E-state index in [4.69, 9.17) is 15.0 Å². The first kappa shape index (κ1) is 34.0. The fraction of sp³-hybridized carbons (Fsp3) is 0.893. The molecule has 14 heteroatoms. The minimum atomic E-state index is -0.813. The van der Waals surface area contributed by atoms with E-state index >= 15 is 0 Å². The number of nitrogens with one attached hydrogen (secondary N) is 4. The largest absolute Gasteiger partial charge is 0.481 e. The number of hydrazine groups is 1. The molecule has 0 aromatic heterocycles. The molecular formula is C28H52BN7O6. The molecule has 2 heterocycles. The zero-order valence-electron chi connectivity index (χ0n) is 25.1. The molecule has 0 unspecified atom stereocenters. The first-order valence-electron chi connectivity index (χ1n) is 15.2. The fourth-order valence-electron chi connectivity index (χ4n) is 7.34. The molecule has 3 aliphatic carbocycles. The number of nitrogens with two attached hydrogens (primary N) is 1. The zero-order valence-corrected chi connectivity index (χ0v) is 25.1. The highest BCUT2D eigenvalue weighted by Crippen LogP contribution is 2.65. The van der Waals surface area contributed by atoms with Gasteiger partial charge in [0.1, 0.15) is 6.04 Å². The van der Waals surface area contributed by atoms with Gasteiger partial charge in [-0.1, -0.05) is 47.0 Å². The van der Waals surface area contributed by atoms with Gasteiger partial charge >= 0.3 is 7.12 Å². The van der Waals surface area contributed by atoms with Crippen LogP contribution in [0.5, 0.6) is 0 Å². The van der Waals surface area contributed by atoms with Gasteiger partial charge in [0.25, 0.3) is 5.96 Å². The summed E-state index contributed by atoms with van der Waals surface area (Å²) in [5.41, 5.74) is 7.14. The Hall–Kier alpha value is -2.45. The van der Waals surface area contributed by atoms with Crippen LogP contribution in [0.1, 0.15) is 93.4 Å². The highest BCUT2D eigenvalue weighted by molar-refractivity contribution is 6.48. The van der Waals surface area contributed by atoms with E-state index < -0.39 is 23.8 Å². The predicted molar refractivity (Wildman–Crippen MR) is 162 cm³/mol. The lowest BCUT2D eigenvalue weighted by Gasteiger charge is -2.64. The molecule has 6 N–H and O–H groups in total. The van der Waals surface area contributed by atoms with Crippen LogP contribution in [0.2, 0.25) is 0 Å². The van der Waals surface area contributed by atoms with Gasteiger partial charge in [-0.25, -0.2) is 15.1 Å². The standard InChI is InChI=1S/C27H48BN7O6.CH4/c1-16(2)13-22(28-40-21-15-17-14-20(26(17,3)4)27(21,5)41-28)33-24(37)19(10-8-12-31-25(29)34-35(38)39)32-23(36)18-9-6-7-11-30-18;/h16-22,30H,6-15H2,1-5H3,(H,32,36)(H,33,37)(H3,29,31,34);1H4/t17-,18-,19-,20-,21+,22-,27-;/m0./s1. The molecule has 5 aliphatic rings. The van der Waals surface area contributed by atoms with Crippen LogP contribution in [0.3, 0.4) is 0 Å². The number of guanidine groups is 1. The molecule has 238 valence electrons. The Kier molecular flexibility index (Phi) is 11.3. The van der Waals surface area contributed by atoms with Gasteiger partial charge in [-0.3, -0.25) is 9.59 Å². The molecule has 5 fully saturated rings. The van der Waals surface area contributed by atoms with E-state index in [1.807, 2.05) is 0 Å². The Labute approximate surface area is 250 Å². The second kappa shape index (κ2) is 13.9. The predicted octanol–water partition coefficient (Wildman–Crippen LogP) is 1.92. The van der Waals surface area contributed by atoms with Crippen molar-refractivity contribution in [2.75, 3.05) is 13.1 Å². The summed E-state index contributed by atoms with van der Waals surface area (Å²) in [5.74, 6) is 0.0989. The van der Waals surface area contributed by atoms with Crippen molar-refractivity contribution in [2.24, 2.45) is 33.9 Å². The van der Waals surface area contributed by atoms with Gasteiger partial charge in [0, 0.05) is 6.54 Å². The number of aliphatic imine (C=N–C) groups is 1. The zero-order chi connectivity index (χ0) is 29.9. The molecule has 2 saturated heterocycles. The van der Waals surface area contributed by atoms with Crippen LogP contribution in [-0.4, -0.2) is 72.7 Å². The maximum absolute atomic E-state index is 13.7. The van der Waals surface area contributed by atoms with Crippen molar-refractivity contribution in [3.05, 3.63) is 10.1 Å². The van der Waals surface area contributed by atoms with Crippen LogP contribution >= 0.6 is 0 Å². The van der Waals surface area contributed by atoms with E-state index in [-0.39, 0.29) is 61.2 Å². The van der Waals surface area contributed by atoms with E-state index in [0.717, 1.165) is 32.2 Å². The van der Waals surface area contributed by atoms with Crippen molar-refractivity contribution in [2.45, 2.75) is 123 Å². The summed E-state index contributed by atoms with van der Waals surface area (Å²) < 4.78 is 13.2. The van der Waals surface area contributed by atoms with Crippen molar-refractivity contribution in [1.82, 2.24) is 21.4 Å². The number of carbonyl (C=O) groups excluding carboxylic acids is 2. The third-order valence-electron chi connectivity index (χ3n) is 9.75. The minimum Gasteiger partial charge on any atom is -0.404 e. The number of nitro groups is 1. The van der Waals surface area contributed by atoms with E-state index in [1.165, 1.54) is 0 Å². The molecular weight excluding hydrogens is 541 g/mol. The van der Waals surface area contributed by atoms with Gasteiger partial charge in [0.05, 0.1) is 23.7 Å². The Morgan fingerprint density at radius 3 is 2.57 bits per heavy atom. The molecule has 2 bridgehead atoms. The number of nitrogens with zero attached hydrogens (tertiary/aromatic N) is 2. The average molecular weight is 594 g/mol. The molecule has 0 spiro atoms. The lowest BCUT2D eigenvalue weighted by molar-refractivity contribution is -0.525. The maximum atomic E-state index is 13.7. The summed E-state index contributed by atoms with van der Waals surface area (Å²) in [6.07, 6.45) is 6.12. The maximum Gasteiger partial charge on any atom is 0.481 e. The molecule has 0 aromatic rings. The first-order chi connectivity index (χ1) is 19.3. The number of carbonyl (C=O) groups is 2. The van der Waals surface area contributed by atoms with Gasteiger partial charge in [-0.05, 0) is 81.6 Å². The molecule has 0 radical (unpaired) electrons. The molecule has 2 amide bonds. The van der Waals surface area contributed by atoms with E-state index in [9.17, 15) is 19.7 Å². The van der Waals surface area contributed by atoms with Gasteiger partial charge in [0.2, 0.25) is 11.8 Å². The van der Waals surface area contributed by atoms with Crippen LogP contribution in [0.25, 0.3) is 0 Å². The van der Waals surface area contributed by atoms with Crippen LogP contribution in [0.15, 0.2) is 4.99 Å². The number of hydrogen-bond acceptors (Lipinski definition) is 8. The first-order valence-corrected chi connectivity index (χ1v) is 15.2. The normalized spacial score (nSPS) is 31.2. The molecule has 3 saturated carbocycles. The molecule has 2 aliphatic heterocycles. The van der Waals surface area contributed by atoms with E-state index in [0.29, 0.717) is 37.5 Å². The quantitative estimate of drug-likeness (QED) is 0.0564. The van der Waals surface area contributed by atoms with E-state index in [1.54, 1.807) is 5.43 Å². The van der Waals surface area contributed by atoms with Gasteiger partial charge in [-0.2, -0.15) is 0 Å². The highest BCUT2D eigenvalue weighted by Gasteiger charge is 2.68. The van der Waals surface area contributed by atoms with Crippen LogP contribution in [-0.2, 0) is 18.9 Å². The minimum absolute atomic E-state index is 0.